The predicted molar refractivity (Wildman–Crippen MR) is 126 cm³/mol. The second-order valence-electron chi connectivity index (χ2n) is 8.90. The first-order valence-electron chi connectivity index (χ1n) is 11.0. The standard InChI is InChI=1S/C24H24FN7O2/c1-13(33)11-27-19-17-20(30-23(34)24(17,2)3)29-21(28-19)18-15-8-6-10-26-22(15)32(31-18)12-14-7-4-5-9-16(14)25/h4-10,13,33H,11-12H2,1-3H3,(H2,27,28,29,30,34). The SMILES string of the molecule is CC(O)CNc1nc(-c2nn(Cc3ccccc3F)c3ncccc23)nc2c1C(C)(C)C(=O)N2. The summed E-state index contributed by atoms with van der Waals surface area (Å²) in [4.78, 5) is 26.4. The first-order valence-corrected chi connectivity index (χ1v) is 11.0. The number of benzene rings is 1. The monoisotopic (exact) mass is 461 g/mol. The van der Waals surface area contributed by atoms with Gasteiger partial charge in [0.25, 0.3) is 0 Å². The first kappa shape index (κ1) is 21.9. The van der Waals surface area contributed by atoms with E-state index in [0.29, 0.717) is 39.5 Å². The molecule has 0 radical (unpaired) electrons. The minimum absolute atomic E-state index is 0.183. The lowest BCUT2D eigenvalue weighted by Gasteiger charge is -2.19. The molecule has 0 fully saturated rings. The normalized spacial score (nSPS) is 15.3. The van der Waals surface area contributed by atoms with E-state index in [4.69, 9.17) is 4.98 Å². The largest absolute Gasteiger partial charge is 0.392 e. The number of halogens is 1. The van der Waals surface area contributed by atoms with Gasteiger partial charge in [-0.15, -0.1) is 0 Å². The quantitative estimate of drug-likeness (QED) is 0.404. The van der Waals surface area contributed by atoms with Gasteiger partial charge in [0.15, 0.2) is 11.5 Å². The number of fused-ring (bicyclic) bond motifs is 2. The maximum atomic E-state index is 14.3. The van der Waals surface area contributed by atoms with Crippen LogP contribution in [0.5, 0.6) is 0 Å². The second kappa shape index (κ2) is 8.14. The third kappa shape index (κ3) is 3.65. The highest BCUT2D eigenvalue weighted by atomic mass is 19.1. The van der Waals surface area contributed by atoms with Crippen LogP contribution in [0.4, 0.5) is 16.0 Å². The van der Waals surface area contributed by atoms with Gasteiger partial charge in [0.1, 0.15) is 23.1 Å². The Bertz CT molecular complexity index is 1410. The van der Waals surface area contributed by atoms with E-state index in [1.54, 1.807) is 55.9 Å². The Morgan fingerprint density at radius 3 is 2.76 bits per heavy atom. The molecule has 1 atom stereocenters. The third-order valence-corrected chi connectivity index (χ3v) is 5.90. The zero-order valence-corrected chi connectivity index (χ0v) is 19.0. The highest BCUT2D eigenvalue weighted by molar-refractivity contribution is 6.06. The lowest BCUT2D eigenvalue weighted by atomic mass is 9.87. The van der Waals surface area contributed by atoms with E-state index in [2.05, 4.69) is 25.7 Å². The Morgan fingerprint density at radius 2 is 2.00 bits per heavy atom. The molecular formula is C24H24FN7O2. The van der Waals surface area contributed by atoms with Gasteiger partial charge >= 0.3 is 0 Å². The van der Waals surface area contributed by atoms with Crippen LogP contribution in [-0.4, -0.2) is 48.4 Å². The number of hydrogen-bond donors (Lipinski definition) is 3. The Kier molecular flexibility index (Phi) is 5.24. The molecule has 0 saturated carbocycles. The number of amides is 1. The molecule has 5 rings (SSSR count). The molecule has 3 N–H and O–H groups in total. The molecule has 174 valence electrons. The highest BCUT2D eigenvalue weighted by Gasteiger charge is 2.43. The number of nitrogens with one attached hydrogen (secondary N) is 2. The van der Waals surface area contributed by atoms with E-state index < -0.39 is 11.5 Å². The number of aromatic nitrogens is 5. The molecule has 0 bridgehead atoms. The Hall–Kier alpha value is -3.92. The van der Waals surface area contributed by atoms with E-state index >= 15 is 0 Å². The molecule has 0 spiro atoms. The molecule has 1 amide bonds. The summed E-state index contributed by atoms with van der Waals surface area (Å²) in [5.74, 6) is 0.617. The van der Waals surface area contributed by atoms with Crippen molar-refractivity contribution >= 4 is 28.6 Å². The van der Waals surface area contributed by atoms with Crippen molar-refractivity contribution in [3.8, 4) is 11.5 Å². The van der Waals surface area contributed by atoms with E-state index in [1.807, 2.05) is 6.07 Å². The Morgan fingerprint density at radius 1 is 1.21 bits per heavy atom. The van der Waals surface area contributed by atoms with E-state index in [0.717, 1.165) is 0 Å². The van der Waals surface area contributed by atoms with Crippen LogP contribution in [0.1, 0.15) is 31.9 Å². The van der Waals surface area contributed by atoms with Crippen LogP contribution in [0.25, 0.3) is 22.6 Å². The maximum absolute atomic E-state index is 14.3. The van der Waals surface area contributed by atoms with Crippen molar-refractivity contribution in [3.05, 3.63) is 59.5 Å². The van der Waals surface area contributed by atoms with Gasteiger partial charge in [-0.05, 0) is 39.0 Å². The molecule has 10 heteroatoms. The summed E-state index contributed by atoms with van der Waals surface area (Å²) in [6, 6.07) is 10.2. The van der Waals surface area contributed by atoms with Gasteiger partial charge in [-0.3, -0.25) is 4.79 Å². The van der Waals surface area contributed by atoms with E-state index in [9.17, 15) is 14.3 Å². The zero-order valence-electron chi connectivity index (χ0n) is 19.0. The molecule has 4 aromatic rings. The number of hydrogen-bond acceptors (Lipinski definition) is 7. The second-order valence-corrected chi connectivity index (χ2v) is 8.90. The van der Waals surface area contributed by atoms with Crippen molar-refractivity contribution in [2.24, 2.45) is 0 Å². The summed E-state index contributed by atoms with van der Waals surface area (Å²) < 4.78 is 15.9. The molecular weight excluding hydrogens is 437 g/mol. The molecule has 9 nitrogen and oxygen atoms in total. The molecule has 0 saturated heterocycles. The van der Waals surface area contributed by atoms with Crippen LogP contribution in [0.3, 0.4) is 0 Å². The molecule has 4 heterocycles. The van der Waals surface area contributed by atoms with Gasteiger partial charge in [0.2, 0.25) is 5.91 Å². The zero-order chi connectivity index (χ0) is 24.0. The minimum atomic E-state index is -0.845. The number of pyridine rings is 1. The number of aliphatic hydroxyl groups is 1. The highest BCUT2D eigenvalue weighted by Crippen LogP contribution is 2.41. The summed E-state index contributed by atoms with van der Waals surface area (Å²) in [5, 5.41) is 21.2. The summed E-state index contributed by atoms with van der Waals surface area (Å²) in [7, 11) is 0. The third-order valence-electron chi connectivity index (χ3n) is 5.90. The van der Waals surface area contributed by atoms with Crippen LogP contribution in [-0.2, 0) is 16.8 Å². The van der Waals surface area contributed by atoms with Gasteiger partial charge in [-0.2, -0.15) is 5.10 Å². The van der Waals surface area contributed by atoms with Crippen LogP contribution >= 0.6 is 0 Å². The van der Waals surface area contributed by atoms with Gasteiger partial charge in [-0.25, -0.2) is 24.0 Å². The Labute approximate surface area is 195 Å². The fourth-order valence-electron chi connectivity index (χ4n) is 4.07. The average molecular weight is 462 g/mol. The van der Waals surface area contributed by atoms with Crippen LogP contribution in [0, 0.1) is 5.82 Å². The van der Waals surface area contributed by atoms with Crippen LogP contribution < -0.4 is 10.6 Å². The first-order chi connectivity index (χ1) is 16.3. The van der Waals surface area contributed by atoms with Crippen LogP contribution in [0.15, 0.2) is 42.6 Å². The molecule has 1 aliphatic heterocycles. The van der Waals surface area contributed by atoms with Crippen molar-refractivity contribution in [2.75, 3.05) is 17.2 Å². The fraction of sp³-hybridized carbons (Fsp3) is 0.292. The molecule has 1 unspecified atom stereocenters. The number of anilines is 2. The molecule has 1 aromatic carbocycles. The van der Waals surface area contributed by atoms with Gasteiger partial charge < -0.3 is 15.7 Å². The number of carbonyl (C=O) groups excluding carboxylic acids is 1. The molecule has 3 aromatic heterocycles. The Balaban J connectivity index is 1.66. The summed E-state index contributed by atoms with van der Waals surface area (Å²) in [5.41, 5.74) is 1.29. The van der Waals surface area contributed by atoms with Crippen molar-refractivity contribution in [1.29, 1.82) is 0 Å². The van der Waals surface area contributed by atoms with Gasteiger partial charge in [0.05, 0.1) is 29.0 Å². The smallest absolute Gasteiger partial charge is 0.235 e. The number of nitrogens with zero attached hydrogens (tertiary/aromatic N) is 5. The predicted octanol–water partition coefficient (Wildman–Crippen LogP) is 3.10. The van der Waals surface area contributed by atoms with Crippen molar-refractivity contribution in [1.82, 2.24) is 24.7 Å². The van der Waals surface area contributed by atoms with Gasteiger partial charge in [0, 0.05) is 18.3 Å². The van der Waals surface area contributed by atoms with Crippen molar-refractivity contribution in [2.45, 2.75) is 38.8 Å². The van der Waals surface area contributed by atoms with E-state index in [-0.39, 0.29) is 30.6 Å². The molecule has 0 aliphatic carbocycles. The van der Waals surface area contributed by atoms with E-state index in [1.165, 1.54) is 6.07 Å². The van der Waals surface area contributed by atoms with Gasteiger partial charge in [-0.1, -0.05) is 18.2 Å². The van der Waals surface area contributed by atoms with Crippen LogP contribution in [0.2, 0.25) is 0 Å². The lowest BCUT2D eigenvalue weighted by Crippen LogP contribution is -2.28. The summed E-state index contributed by atoms with van der Waals surface area (Å²) in [6.45, 7) is 5.69. The number of rotatable bonds is 6. The molecule has 34 heavy (non-hydrogen) atoms. The van der Waals surface area contributed by atoms with Crippen molar-refractivity contribution < 1.29 is 14.3 Å². The number of carbonyl (C=O) groups is 1. The molecule has 1 aliphatic rings. The van der Waals surface area contributed by atoms with Crippen molar-refractivity contribution in [3.63, 3.8) is 0 Å². The summed E-state index contributed by atoms with van der Waals surface area (Å²) in [6.07, 6.45) is 1.03. The number of aliphatic hydroxyl groups excluding tert-OH is 1. The summed E-state index contributed by atoms with van der Waals surface area (Å²) >= 11 is 0. The topological polar surface area (TPSA) is 118 Å². The lowest BCUT2D eigenvalue weighted by molar-refractivity contribution is -0.119. The average Bonchev–Trinajstić information content (AvgIpc) is 3.28. The minimum Gasteiger partial charge on any atom is -0.392 e. The fourth-order valence-corrected chi connectivity index (χ4v) is 4.07. The maximum Gasteiger partial charge on any atom is 0.235 e.